The smallest absolute Gasteiger partial charge is 0.253 e. The van der Waals surface area contributed by atoms with Gasteiger partial charge < -0.3 is 10.6 Å². The van der Waals surface area contributed by atoms with Crippen molar-refractivity contribution in [2.75, 3.05) is 5.32 Å². The van der Waals surface area contributed by atoms with Crippen LogP contribution >= 0.6 is 11.6 Å². The summed E-state index contributed by atoms with van der Waals surface area (Å²) in [7, 11) is 0. The summed E-state index contributed by atoms with van der Waals surface area (Å²) in [5.74, 6) is -0.169. The van der Waals surface area contributed by atoms with Crippen molar-refractivity contribution in [3.63, 3.8) is 0 Å². The fourth-order valence-corrected chi connectivity index (χ4v) is 2.64. The zero-order chi connectivity index (χ0) is 18.4. The number of amides is 1. The van der Waals surface area contributed by atoms with Crippen LogP contribution in [0.4, 0.5) is 11.4 Å². The summed E-state index contributed by atoms with van der Waals surface area (Å²) in [6.45, 7) is 2.56. The van der Waals surface area contributed by atoms with E-state index in [-0.39, 0.29) is 5.91 Å². The third-order valence-corrected chi connectivity index (χ3v) is 4.27. The van der Waals surface area contributed by atoms with Gasteiger partial charge in [-0.2, -0.15) is 0 Å². The van der Waals surface area contributed by atoms with Gasteiger partial charge in [0.2, 0.25) is 0 Å². The lowest BCUT2D eigenvalue weighted by molar-refractivity contribution is 0.0950. The molecule has 0 fully saturated rings. The van der Waals surface area contributed by atoms with Crippen LogP contribution in [0.5, 0.6) is 0 Å². The van der Waals surface area contributed by atoms with Gasteiger partial charge in [0.1, 0.15) is 0 Å². The maximum absolute atomic E-state index is 12.4. The lowest BCUT2D eigenvalue weighted by Gasteiger charge is -2.09. The molecule has 0 saturated heterocycles. The molecule has 0 aliphatic carbocycles. The summed E-state index contributed by atoms with van der Waals surface area (Å²) in [4.78, 5) is 16.5. The molecule has 3 rings (SSSR count). The Kier molecular flexibility index (Phi) is 5.87. The van der Waals surface area contributed by atoms with Crippen LogP contribution < -0.4 is 10.6 Å². The minimum absolute atomic E-state index is 0.169. The number of hydrogen-bond acceptors (Lipinski definition) is 3. The van der Waals surface area contributed by atoms with Gasteiger partial charge in [0.15, 0.2) is 0 Å². The Balaban J connectivity index is 1.63. The number of pyridine rings is 1. The number of nitrogens with zero attached hydrogens (tertiary/aromatic N) is 1. The molecule has 0 saturated carbocycles. The van der Waals surface area contributed by atoms with Crippen molar-refractivity contribution in [2.45, 2.75) is 19.9 Å². The molecule has 132 valence electrons. The molecule has 0 unspecified atom stereocenters. The summed E-state index contributed by atoms with van der Waals surface area (Å²) in [5.41, 5.74) is 4.51. The first kappa shape index (κ1) is 18.0. The van der Waals surface area contributed by atoms with Crippen molar-refractivity contribution < 1.29 is 4.79 Å². The van der Waals surface area contributed by atoms with E-state index in [0.717, 1.165) is 23.4 Å². The van der Waals surface area contributed by atoms with Gasteiger partial charge in [-0.25, -0.2) is 0 Å². The van der Waals surface area contributed by atoms with E-state index in [1.54, 1.807) is 30.6 Å². The van der Waals surface area contributed by atoms with Gasteiger partial charge in [-0.1, -0.05) is 42.8 Å². The van der Waals surface area contributed by atoms with Crippen LogP contribution in [-0.4, -0.2) is 10.9 Å². The first-order valence-electron chi connectivity index (χ1n) is 8.47. The topological polar surface area (TPSA) is 54.0 Å². The van der Waals surface area contributed by atoms with Crippen LogP contribution in [0.2, 0.25) is 5.02 Å². The molecule has 0 aliphatic heterocycles. The standard InChI is InChI=1S/C21H20ClN3O/c1-2-15-5-9-19(10-6-15)25-20-11-17(13-23-14-20)21(26)24-12-16-3-7-18(22)8-4-16/h3-11,13-14,25H,2,12H2,1H3,(H,24,26). The zero-order valence-electron chi connectivity index (χ0n) is 14.5. The van der Waals surface area contributed by atoms with Crippen molar-refractivity contribution in [2.24, 2.45) is 0 Å². The summed E-state index contributed by atoms with van der Waals surface area (Å²) in [6.07, 6.45) is 4.26. The van der Waals surface area contributed by atoms with Crippen LogP contribution in [0, 0.1) is 0 Å². The van der Waals surface area contributed by atoms with Crippen molar-refractivity contribution in [1.82, 2.24) is 10.3 Å². The van der Waals surface area contributed by atoms with E-state index in [0.29, 0.717) is 17.1 Å². The van der Waals surface area contributed by atoms with Crippen LogP contribution in [0.15, 0.2) is 67.0 Å². The maximum atomic E-state index is 12.4. The Labute approximate surface area is 158 Å². The fraction of sp³-hybridized carbons (Fsp3) is 0.143. The van der Waals surface area contributed by atoms with Crippen LogP contribution in [0.25, 0.3) is 0 Å². The number of aryl methyl sites for hydroxylation is 1. The van der Waals surface area contributed by atoms with Gasteiger partial charge >= 0.3 is 0 Å². The molecule has 0 aliphatic rings. The first-order valence-corrected chi connectivity index (χ1v) is 8.85. The number of anilines is 2. The summed E-state index contributed by atoms with van der Waals surface area (Å²) >= 11 is 5.87. The highest BCUT2D eigenvalue weighted by atomic mass is 35.5. The predicted molar refractivity (Wildman–Crippen MR) is 106 cm³/mol. The van der Waals surface area contributed by atoms with Crippen LogP contribution in [-0.2, 0) is 13.0 Å². The fourth-order valence-electron chi connectivity index (χ4n) is 2.51. The Morgan fingerprint density at radius 1 is 0.962 bits per heavy atom. The molecule has 1 aromatic heterocycles. The number of carbonyl (C=O) groups is 1. The van der Waals surface area contributed by atoms with E-state index in [9.17, 15) is 4.79 Å². The number of aromatic nitrogens is 1. The van der Waals surface area contributed by atoms with Gasteiger partial charge in [-0.3, -0.25) is 9.78 Å². The number of benzene rings is 2. The molecule has 0 spiro atoms. The predicted octanol–water partition coefficient (Wildman–Crippen LogP) is 4.97. The van der Waals surface area contributed by atoms with Gasteiger partial charge in [0, 0.05) is 23.5 Å². The largest absolute Gasteiger partial charge is 0.354 e. The average molecular weight is 366 g/mol. The van der Waals surface area contributed by atoms with E-state index in [1.165, 1.54) is 5.56 Å². The summed E-state index contributed by atoms with van der Waals surface area (Å²) < 4.78 is 0. The third kappa shape index (κ3) is 4.83. The van der Waals surface area contributed by atoms with Gasteiger partial charge in [0.05, 0.1) is 17.4 Å². The number of rotatable bonds is 6. The number of nitrogens with one attached hydrogen (secondary N) is 2. The first-order chi connectivity index (χ1) is 12.6. The highest BCUT2D eigenvalue weighted by Crippen LogP contribution is 2.18. The molecular weight excluding hydrogens is 346 g/mol. The molecule has 0 radical (unpaired) electrons. The molecule has 2 N–H and O–H groups in total. The molecular formula is C21H20ClN3O. The summed E-state index contributed by atoms with van der Waals surface area (Å²) in [5, 5.41) is 6.84. The van der Waals surface area contributed by atoms with E-state index < -0.39 is 0 Å². The molecule has 3 aromatic rings. The second-order valence-electron chi connectivity index (χ2n) is 5.95. The lowest BCUT2D eigenvalue weighted by atomic mass is 10.1. The SMILES string of the molecule is CCc1ccc(Nc2cncc(C(=O)NCc3ccc(Cl)cc3)c2)cc1. The lowest BCUT2D eigenvalue weighted by Crippen LogP contribution is -2.23. The van der Waals surface area contributed by atoms with Gasteiger partial charge in [0.25, 0.3) is 5.91 Å². The molecule has 1 heterocycles. The molecule has 4 nitrogen and oxygen atoms in total. The Morgan fingerprint density at radius 2 is 1.65 bits per heavy atom. The average Bonchev–Trinajstić information content (AvgIpc) is 2.68. The third-order valence-electron chi connectivity index (χ3n) is 4.02. The Bertz CT molecular complexity index is 877. The van der Waals surface area contributed by atoms with Crippen LogP contribution in [0.3, 0.4) is 0 Å². The van der Waals surface area contributed by atoms with Crippen molar-refractivity contribution in [1.29, 1.82) is 0 Å². The molecule has 0 bridgehead atoms. The minimum Gasteiger partial charge on any atom is -0.354 e. The molecule has 5 heteroatoms. The highest BCUT2D eigenvalue weighted by Gasteiger charge is 2.07. The second kappa shape index (κ2) is 8.50. The van der Waals surface area contributed by atoms with E-state index in [1.807, 2.05) is 24.3 Å². The van der Waals surface area contributed by atoms with E-state index in [2.05, 4.69) is 34.7 Å². The van der Waals surface area contributed by atoms with Gasteiger partial charge in [-0.05, 0) is 47.9 Å². The minimum atomic E-state index is -0.169. The number of halogens is 1. The van der Waals surface area contributed by atoms with E-state index in [4.69, 9.17) is 11.6 Å². The van der Waals surface area contributed by atoms with Gasteiger partial charge in [-0.15, -0.1) is 0 Å². The van der Waals surface area contributed by atoms with Crippen molar-refractivity contribution in [3.05, 3.63) is 88.7 Å². The molecule has 1 amide bonds. The molecule has 0 atom stereocenters. The van der Waals surface area contributed by atoms with E-state index >= 15 is 0 Å². The quantitative estimate of drug-likeness (QED) is 0.648. The highest BCUT2D eigenvalue weighted by molar-refractivity contribution is 6.30. The normalized spacial score (nSPS) is 10.4. The maximum Gasteiger partial charge on any atom is 0.253 e. The van der Waals surface area contributed by atoms with Crippen LogP contribution in [0.1, 0.15) is 28.4 Å². The second-order valence-corrected chi connectivity index (χ2v) is 6.38. The zero-order valence-corrected chi connectivity index (χ0v) is 15.3. The van der Waals surface area contributed by atoms with Crippen molar-refractivity contribution >= 4 is 28.9 Å². The van der Waals surface area contributed by atoms with Crippen molar-refractivity contribution in [3.8, 4) is 0 Å². The summed E-state index contributed by atoms with van der Waals surface area (Å²) in [6, 6.07) is 17.4. The number of carbonyl (C=O) groups excluding carboxylic acids is 1. The number of hydrogen-bond donors (Lipinski definition) is 2. The molecule has 26 heavy (non-hydrogen) atoms. The Morgan fingerprint density at radius 3 is 2.35 bits per heavy atom. The molecule has 2 aromatic carbocycles. The Hall–Kier alpha value is -2.85. The monoisotopic (exact) mass is 365 g/mol.